The van der Waals surface area contributed by atoms with E-state index in [1.165, 1.54) is 18.8 Å². The molecule has 0 aliphatic heterocycles. The number of H-pyrrole nitrogens is 1. The number of benzene rings is 1. The van der Waals surface area contributed by atoms with E-state index >= 15 is 0 Å². The van der Waals surface area contributed by atoms with Gasteiger partial charge in [0.05, 0.1) is 25.1 Å². The highest BCUT2D eigenvalue weighted by Crippen LogP contribution is 2.29. The zero-order valence-corrected chi connectivity index (χ0v) is 17.6. The lowest BCUT2D eigenvalue weighted by Crippen LogP contribution is -2.35. The molecule has 3 rings (SSSR count). The summed E-state index contributed by atoms with van der Waals surface area (Å²) in [5, 5.41) is 3.21. The van der Waals surface area contributed by atoms with E-state index < -0.39 is 5.69 Å². The number of carbonyl (C=O) groups excluding carboxylic acids is 1. The minimum atomic E-state index is -0.473. The van der Waals surface area contributed by atoms with E-state index in [2.05, 4.69) is 15.3 Å². The van der Waals surface area contributed by atoms with Gasteiger partial charge in [-0.05, 0) is 30.5 Å². The fourth-order valence-electron chi connectivity index (χ4n) is 3.31. The van der Waals surface area contributed by atoms with Gasteiger partial charge in [-0.25, -0.2) is 4.79 Å². The van der Waals surface area contributed by atoms with Crippen LogP contribution in [0.25, 0.3) is 10.9 Å². The highest BCUT2D eigenvalue weighted by Gasteiger charge is 2.12. The highest BCUT2D eigenvalue weighted by molar-refractivity contribution is 5.81. The standard InChI is InChI=1S/C22H26N4O5/c1-30-18-11-16-17(12-19(18)31-2)25-22(29)26(21(16)28)10-5-3-4-8-20(27)24-14-15-7-6-9-23-13-15/h6-7,9,11-13H,3-5,8,10,14H2,1-2H3,(H,24,27)(H,25,29). The van der Waals surface area contributed by atoms with Crippen LogP contribution in [0.1, 0.15) is 31.2 Å². The van der Waals surface area contributed by atoms with Gasteiger partial charge < -0.3 is 19.8 Å². The second kappa shape index (κ2) is 10.4. The predicted molar refractivity (Wildman–Crippen MR) is 116 cm³/mol. The fraction of sp³-hybridized carbons (Fsp3) is 0.364. The van der Waals surface area contributed by atoms with Gasteiger partial charge in [0.25, 0.3) is 5.56 Å². The Labute approximate surface area is 179 Å². The summed E-state index contributed by atoms with van der Waals surface area (Å²) in [6.45, 7) is 0.721. The number of pyridine rings is 1. The topological polar surface area (TPSA) is 115 Å². The zero-order chi connectivity index (χ0) is 22.2. The van der Waals surface area contributed by atoms with Crippen LogP contribution >= 0.6 is 0 Å². The van der Waals surface area contributed by atoms with Crippen LogP contribution in [0.4, 0.5) is 0 Å². The molecule has 0 atom stereocenters. The molecular weight excluding hydrogens is 400 g/mol. The first-order valence-corrected chi connectivity index (χ1v) is 10.1. The maximum absolute atomic E-state index is 12.8. The summed E-state index contributed by atoms with van der Waals surface area (Å²) in [4.78, 5) is 43.8. The second-order valence-corrected chi connectivity index (χ2v) is 7.09. The summed E-state index contributed by atoms with van der Waals surface area (Å²) in [6.07, 6.45) is 5.79. The highest BCUT2D eigenvalue weighted by atomic mass is 16.5. The predicted octanol–water partition coefficient (Wildman–Crippen LogP) is 1.98. The van der Waals surface area contributed by atoms with E-state index in [4.69, 9.17) is 9.47 Å². The Bertz CT molecular complexity index is 1150. The minimum Gasteiger partial charge on any atom is -0.493 e. The molecule has 0 radical (unpaired) electrons. The molecule has 0 saturated heterocycles. The fourth-order valence-corrected chi connectivity index (χ4v) is 3.31. The van der Waals surface area contributed by atoms with Gasteiger partial charge in [-0.1, -0.05) is 12.5 Å². The molecule has 1 amide bonds. The second-order valence-electron chi connectivity index (χ2n) is 7.09. The number of hydrogen-bond acceptors (Lipinski definition) is 6. The van der Waals surface area contributed by atoms with Crippen LogP contribution in [0.5, 0.6) is 11.5 Å². The Balaban J connectivity index is 1.54. The Hall–Kier alpha value is -3.62. The van der Waals surface area contributed by atoms with Crippen molar-refractivity contribution in [3.63, 3.8) is 0 Å². The summed E-state index contributed by atoms with van der Waals surface area (Å²) in [6, 6.07) is 6.86. The van der Waals surface area contributed by atoms with Crippen molar-refractivity contribution < 1.29 is 14.3 Å². The van der Waals surface area contributed by atoms with Crippen molar-refractivity contribution in [2.75, 3.05) is 14.2 Å². The van der Waals surface area contributed by atoms with Gasteiger partial charge in [-0.3, -0.25) is 19.1 Å². The number of aromatic nitrogens is 3. The maximum Gasteiger partial charge on any atom is 0.328 e. The molecule has 31 heavy (non-hydrogen) atoms. The van der Waals surface area contributed by atoms with Crippen molar-refractivity contribution in [1.82, 2.24) is 19.9 Å². The zero-order valence-electron chi connectivity index (χ0n) is 17.6. The monoisotopic (exact) mass is 426 g/mol. The molecule has 3 aromatic rings. The Morgan fingerprint density at radius 2 is 1.90 bits per heavy atom. The van der Waals surface area contributed by atoms with Crippen LogP contribution in [-0.2, 0) is 17.9 Å². The number of unbranched alkanes of at least 4 members (excludes halogenated alkanes) is 2. The van der Waals surface area contributed by atoms with E-state index in [0.29, 0.717) is 48.2 Å². The van der Waals surface area contributed by atoms with Crippen molar-refractivity contribution in [2.24, 2.45) is 0 Å². The van der Waals surface area contributed by atoms with Gasteiger partial charge in [-0.15, -0.1) is 0 Å². The molecule has 9 heteroatoms. The molecule has 0 aliphatic carbocycles. The summed E-state index contributed by atoms with van der Waals surface area (Å²) in [5.74, 6) is 0.818. The summed E-state index contributed by atoms with van der Waals surface area (Å²) in [5.41, 5.74) is 0.488. The van der Waals surface area contributed by atoms with E-state index in [9.17, 15) is 14.4 Å². The molecular formula is C22H26N4O5. The number of amides is 1. The van der Waals surface area contributed by atoms with Crippen molar-refractivity contribution >= 4 is 16.8 Å². The van der Waals surface area contributed by atoms with Gasteiger partial charge in [0.2, 0.25) is 5.91 Å². The molecule has 2 aromatic heterocycles. The Morgan fingerprint density at radius 3 is 2.61 bits per heavy atom. The molecule has 164 valence electrons. The van der Waals surface area contributed by atoms with Crippen LogP contribution in [0.15, 0.2) is 46.2 Å². The SMILES string of the molecule is COc1cc2[nH]c(=O)n(CCCCCC(=O)NCc3cccnc3)c(=O)c2cc1OC. The van der Waals surface area contributed by atoms with Gasteiger partial charge in [0, 0.05) is 38.0 Å². The first kappa shape index (κ1) is 22.1. The first-order chi connectivity index (χ1) is 15.0. The van der Waals surface area contributed by atoms with Crippen LogP contribution in [0.3, 0.4) is 0 Å². The van der Waals surface area contributed by atoms with E-state index in [1.54, 1.807) is 24.5 Å². The first-order valence-electron chi connectivity index (χ1n) is 10.1. The number of nitrogens with zero attached hydrogens (tertiary/aromatic N) is 2. The maximum atomic E-state index is 12.8. The number of fused-ring (bicyclic) bond motifs is 1. The van der Waals surface area contributed by atoms with E-state index in [1.807, 2.05) is 12.1 Å². The molecule has 0 spiro atoms. The van der Waals surface area contributed by atoms with Gasteiger partial charge in [0.1, 0.15) is 0 Å². The molecule has 9 nitrogen and oxygen atoms in total. The van der Waals surface area contributed by atoms with Crippen LogP contribution in [0.2, 0.25) is 0 Å². The summed E-state index contributed by atoms with van der Waals surface area (Å²) < 4.78 is 11.6. The average Bonchev–Trinajstić information content (AvgIpc) is 2.79. The lowest BCUT2D eigenvalue weighted by atomic mass is 10.1. The van der Waals surface area contributed by atoms with Gasteiger partial charge in [0.15, 0.2) is 11.5 Å². The molecule has 2 heterocycles. The van der Waals surface area contributed by atoms with Crippen molar-refractivity contribution in [2.45, 2.75) is 38.8 Å². The molecule has 0 aliphatic rings. The van der Waals surface area contributed by atoms with Crippen molar-refractivity contribution in [3.05, 3.63) is 63.1 Å². The Morgan fingerprint density at radius 1 is 1.13 bits per heavy atom. The lowest BCUT2D eigenvalue weighted by Gasteiger charge is -2.10. The molecule has 0 unspecified atom stereocenters. The lowest BCUT2D eigenvalue weighted by molar-refractivity contribution is -0.121. The minimum absolute atomic E-state index is 0.0365. The number of rotatable bonds is 10. The number of nitrogens with one attached hydrogen (secondary N) is 2. The third kappa shape index (κ3) is 5.50. The number of methoxy groups -OCH3 is 2. The molecule has 2 N–H and O–H groups in total. The molecule has 0 saturated carbocycles. The largest absolute Gasteiger partial charge is 0.493 e. The number of carbonyl (C=O) groups is 1. The molecule has 0 bridgehead atoms. The van der Waals surface area contributed by atoms with E-state index in [0.717, 1.165) is 12.0 Å². The smallest absolute Gasteiger partial charge is 0.328 e. The normalized spacial score (nSPS) is 10.8. The molecule has 1 aromatic carbocycles. The number of ether oxygens (including phenoxy) is 2. The van der Waals surface area contributed by atoms with Gasteiger partial charge >= 0.3 is 5.69 Å². The number of hydrogen-bond donors (Lipinski definition) is 2. The summed E-state index contributed by atoms with van der Waals surface area (Å²) in [7, 11) is 2.98. The van der Waals surface area contributed by atoms with Gasteiger partial charge in [-0.2, -0.15) is 0 Å². The van der Waals surface area contributed by atoms with Crippen molar-refractivity contribution in [1.29, 1.82) is 0 Å². The van der Waals surface area contributed by atoms with Crippen LogP contribution < -0.4 is 26.0 Å². The molecule has 0 fully saturated rings. The summed E-state index contributed by atoms with van der Waals surface area (Å²) >= 11 is 0. The number of aromatic amines is 1. The van der Waals surface area contributed by atoms with Crippen molar-refractivity contribution in [3.8, 4) is 11.5 Å². The van der Waals surface area contributed by atoms with Crippen LogP contribution in [0, 0.1) is 0 Å². The third-order valence-corrected chi connectivity index (χ3v) is 4.98. The average molecular weight is 426 g/mol. The van der Waals surface area contributed by atoms with E-state index in [-0.39, 0.29) is 18.0 Å². The quantitative estimate of drug-likeness (QED) is 0.479. The van der Waals surface area contributed by atoms with Crippen LogP contribution in [-0.4, -0.2) is 34.7 Å². The Kier molecular flexibility index (Phi) is 7.42. The third-order valence-electron chi connectivity index (χ3n) is 4.98.